The van der Waals surface area contributed by atoms with Gasteiger partial charge in [-0.3, -0.25) is 0 Å². The van der Waals surface area contributed by atoms with Gasteiger partial charge in [-0.2, -0.15) is 0 Å². The lowest BCUT2D eigenvalue weighted by Gasteiger charge is -2.05. The van der Waals surface area contributed by atoms with Crippen LogP contribution in [0.1, 0.15) is 22.4 Å². The summed E-state index contributed by atoms with van der Waals surface area (Å²) in [7, 11) is 1.59. The van der Waals surface area contributed by atoms with Crippen molar-refractivity contribution in [2.24, 2.45) is 0 Å². The summed E-state index contributed by atoms with van der Waals surface area (Å²) in [4.78, 5) is 2.82. The lowest BCUT2D eigenvalue weighted by Crippen LogP contribution is -1.95. The van der Waals surface area contributed by atoms with E-state index in [-0.39, 0.29) is 5.03 Å². The molecular weight excluding hydrogens is 270 g/mol. The first-order chi connectivity index (χ1) is 8.36. The fraction of sp³-hybridized carbons (Fsp3) is 0.231. The van der Waals surface area contributed by atoms with Crippen molar-refractivity contribution in [2.45, 2.75) is 25.3 Å². The van der Waals surface area contributed by atoms with Gasteiger partial charge >= 0.3 is 0 Å². The molecule has 5 heteroatoms. The molecule has 0 atom stereocenters. The number of halogens is 1. The number of hydrogen-bond donors (Lipinski definition) is 1. The molecule has 0 saturated heterocycles. The number of aromatic nitrogens is 1. The molecule has 1 aromatic carbocycles. The van der Waals surface area contributed by atoms with E-state index < -0.39 is 9.05 Å². The Bertz CT molecular complexity index is 674. The fourth-order valence-electron chi connectivity index (χ4n) is 1.91. The minimum Gasteiger partial charge on any atom is -0.348 e. The van der Waals surface area contributed by atoms with E-state index in [1.807, 2.05) is 19.9 Å². The van der Waals surface area contributed by atoms with Crippen LogP contribution in [-0.4, -0.2) is 13.4 Å². The fourth-order valence-corrected chi connectivity index (χ4v) is 2.67. The van der Waals surface area contributed by atoms with Crippen LogP contribution in [0.15, 0.2) is 35.4 Å². The third-order valence-electron chi connectivity index (χ3n) is 2.86. The van der Waals surface area contributed by atoms with E-state index in [0.29, 0.717) is 6.42 Å². The number of hydrogen-bond acceptors (Lipinski definition) is 2. The van der Waals surface area contributed by atoms with Gasteiger partial charge in [0.15, 0.2) is 0 Å². The van der Waals surface area contributed by atoms with E-state index >= 15 is 0 Å². The van der Waals surface area contributed by atoms with Gasteiger partial charge in [0.05, 0.1) is 0 Å². The average Bonchev–Trinajstić information content (AvgIpc) is 2.70. The van der Waals surface area contributed by atoms with E-state index in [9.17, 15) is 8.42 Å². The maximum atomic E-state index is 11.1. The van der Waals surface area contributed by atoms with Crippen LogP contribution >= 0.6 is 10.7 Å². The minimum atomic E-state index is -3.67. The quantitative estimate of drug-likeness (QED) is 0.880. The molecule has 2 rings (SSSR count). The van der Waals surface area contributed by atoms with Crippen molar-refractivity contribution >= 4 is 19.7 Å². The summed E-state index contributed by atoms with van der Waals surface area (Å²) < 4.78 is 22.3. The van der Waals surface area contributed by atoms with E-state index in [1.54, 1.807) is 6.07 Å². The Balaban J connectivity index is 2.27. The molecule has 0 unspecified atom stereocenters. The molecule has 0 bridgehead atoms. The second kappa shape index (κ2) is 4.78. The molecule has 0 radical (unpaired) electrons. The summed E-state index contributed by atoms with van der Waals surface area (Å²) in [6, 6.07) is 9.44. The van der Waals surface area contributed by atoms with Crippen LogP contribution in [0, 0.1) is 13.8 Å². The number of aryl methyl sites for hydroxylation is 2. The van der Waals surface area contributed by atoms with Crippen molar-refractivity contribution < 1.29 is 8.42 Å². The molecule has 1 N–H and O–H groups in total. The van der Waals surface area contributed by atoms with Crippen LogP contribution in [0.2, 0.25) is 0 Å². The smallest absolute Gasteiger partial charge is 0.276 e. The second-order valence-corrected chi connectivity index (χ2v) is 6.93. The van der Waals surface area contributed by atoms with Gasteiger partial charge in [0, 0.05) is 22.8 Å². The molecule has 96 valence electrons. The largest absolute Gasteiger partial charge is 0.348 e. The van der Waals surface area contributed by atoms with Crippen LogP contribution < -0.4 is 0 Å². The topological polar surface area (TPSA) is 49.9 Å². The summed E-state index contributed by atoms with van der Waals surface area (Å²) in [6.45, 7) is 4.09. The van der Waals surface area contributed by atoms with Gasteiger partial charge in [-0.25, -0.2) is 8.42 Å². The second-order valence-electron chi connectivity index (χ2n) is 4.39. The lowest BCUT2D eigenvalue weighted by atomic mass is 10.0. The normalized spacial score (nSPS) is 11.7. The highest BCUT2D eigenvalue weighted by atomic mass is 35.7. The van der Waals surface area contributed by atoms with Crippen molar-refractivity contribution in [2.75, 3.05) is 0 Å². The van der Waals surface area contributed by atoms with Crippen LogP contribution in [0.4, 0.5) is 0 Å². The zero-order valence-corrected chi connectivity index (χ0v) is 11.8. The molecule has 0 aliphatic heterocycles. The van der Waals surface area contributed by atoms with E-state index in [2.05, 4.69) is 17.1 Å². The number of aromatic amines is 1. The third kappa shape index (κ3) is 2.94. The van der Waals surface area contributed by atoms with E-state index in [4.69, 9.17) is 10.7 Å². The van der Waals surface area contributed by atoms with Gasteiger partial charge < -0.3 is 4.98 Å². The van der Waals surface area contributed by atoms with Crippen LogP contribution in [0.3, 0.4) is 0 Å². The van der Waals surface area contributed by atoms with E-state index in [1.165, 1.54) is 22.8 Å². The van der Waals surface area contributed by atoms with Gasteiger partial charge in [0.2, 0.25) is 0 Å². The molecule has 1 aromatic heterocycles. The molecule has 3 nitrogen and oxygen atoms in total. The summed E-state index contributed by atoms with van der Waals surface area (Å²) in [6.07, 6.45) is 0.665. The van der Waals surface area contributed by atoms with Crippen molar-refractivity contribution in [3.63, 3.8) is 0 Å². The number of benzene rings is 1. The Labute approximate surface area is 111 Å². The highest BCUT2D eigenvalue weighted by molar-refractivity contribution is 8.13. The molecule has 0 aliphatic carbocycles. The van der Waals surface area contributed by atoms with Crippen molar-refractivity contribution in [1.82, 2.24) is 4.98 Å². The predicted molar refractivity (Wildman–Crippen MR) is 72.6 cm³/mol. The number of rotatable bonds is 3. The Morgan fingerprint density at radius 2 is 1.89 bits per heavy atom. The molecule has 1 heterocycles. The number of H-pyrrole nitrogens is 1. The Kier molecular flexibility index (Phi) is 3.50. The summed E-state index contributed by atoms with van der Waals surface area (Å²) in [5.74, 6) is 0. The van der Waals surface area contributed by atoms with Gasteiger partial charge in [-0.1, -0.05) is 23.8 Å². The van der Waals surface area contributed by atoms with Crippen molar-refractivity contribution in [1.29, 1.82) is 0 Å². The first kappa shape index (κ1) is 13.2. The standard InChI is InChI=1S/C13H14ClNO2S/c1-9-3-4-11(10(2)7-9)8-12-5-6-13(15-12)18(14,16)17/h3-7,15H,8H2,1-2H3. The van der Waals surface area contributed by atoms with Crippen LogP contribution in [-0.2, 0) is 15.5 Å². The zero-order chi connectivity index (χ0) is 13.3. The Hall–Kier alpha value is -1.26. The predicted octanol–water partition coefficient (Wildman–Crippen LogP) is 3.15. The van der Waals surface area contributed by atoms with Gasteiger partial charge in [-0.15, -0.1) is 0 Å². The first-order valence-corrected chi connectivity index (χ1v) is 7.86. The highest BCUT2D eigenvalue weighted by Gasteiger charge is 2.12. The van der Waals surface area contributed by atoms with Crippen LogP contribution in [0.25, 0.3) is 0 Å². The van der Waals surface area contributed by atoms with Crippen molar-refractivity contribution in [3.8, 4) is 0 Å². The molecule has 0 amide bonds. The van der Waals surface area contributed by atoms with Gasteiger partial charge in [0.25, 0.3) is 9.05 Å². The van der Waals surface area contributed by atoms with Gasteiger partial charge in [0.1, 0.15) is 5.03 Å². The van der Waals surface area contributed by atoms with E-state index in [0.717, 1.165) is 5.69 Å². The first-order valence-electron chi connectivity index (χ1n) is 5.55. The third-order valence-corrected chi connectivity index (χ3v) is 4.12. The average molecular weight is 284 g/mol. The molecular formula is C13H14ClNO2S. The van der Waals surface area contributed by atoms with Crippen LogP contribution in [0.5, 0.6) is 0 Å². The zero-order valence-electron chi connectivity index (χ0n) is 10.2. The molecule has 0 spiro atoms. The maximum absolute atomic E-state index is 11.1. The molecule has 2 aromatic rings. The summed E-state index contributed by atoms with van der Waals surface area (Å²) >= 11 is 0. The monoisotopic (exact) mass is 283 g/mol. The minimum absolute atomic E-state index is 0.0453. The number of nitrogens with one attached hydrogen (secondary N) is 1. The molecule has 0 fully saturated rings. The van der Waals surface area contributed by atoms with Crippen molar-refractivity contribution in [3.05, 3.63) is 52.7 Å². The maximum Gasteiger partial charge on any atom is 0.276 e. The molecule has 0 aliphatic rings. The van der Waals surface area contributed by atoms with Gasteiger partial charge in [-0.05, 0) is 37.1 Å². The molecule has 0 saturated carbocycles. The SMILES string of the molecule is Cc1ccc(Cc2ccc(S(=O)(=O)Cl)[nH]2)c(C)c1. The summed E-state index contributed by atoms with van der Waals surface area (Å²) in [5, 5.41) is 0.0453. The Morgan fingerprint density at radius 3 is 2.44 bits per heavy atom. The summed E-state index contributed by atoms with van der Waals surface area (Å²) in [5.41, 5.74) is 4.41. The Morgan fingerprint density at radius 1 is 1.17 bits per heavy atom. The molecule has 18 heavy (non-hydrogen) atoms. The highest BCUT2D eigenvalue weighted by Crippen LogP contribution is 2.18. The lowest BCUT2D eigenvalue weighted by molar-refractivity contribution is 0.606.